The maximum atomic E-state index is 13.9. The van der Waals surface area contributed by atoms with Gasteiger partial charge in [0.1, 0.15) is 11.7 Å². The Morgan fingerprint density at radius 1 is 0.850 bits per heavy atom. The van der Waals surface area contributed by atoms with Crippen molar-refractivity contribution in [1.29, 1.82) is 0 Å². The molecule has 0 radical (unpaired) electrons. The molecule has 0 spiro atoms. The first-order valence-corrected chi connectivity index (χ1v) is 13.5. The molecule has 9 nitrogen and oxygen atoms in total. The van der Waals surface area contributed by atoms with Gasteiger partial charge in [0.05, 0.1) is 23.1 Å². The maximum Gasteiger partial charge on any atom is 0.290 e. The zero-order chi connectivity index (χ0) is 27.2. The summed E-state index contributed by atoms with van der Waals surface area (Å²) >= 11 is 0. The van der Waals surface area contributed by atoms with Crippen LogP contribution in [0, 0.1) is 0 Å². The van der Waals surface area contributed by atoms with Crippen molar-refractivity contribution in [2.45, 2.75) is 31.0 Å². The van der Waals surface area contributed by atoms with E-state index in [0.29, 0.717) is 37.4 Å². The number of aromatic amines is 2. The molecular weight excluding hydrogens is 504 g/mol. The van der Waals surface area contributed by atoms with E-state index in [1.165, 1.54) is 0 Å². The van der Waals surface area contributed by atoms with Crippen LogP contribution in [-0.2, 0) is 11.2 Å². The molecule has 2 aromatic heterocycles. The summed E-state index contributed by atoms with van der Waals surface area (Å²) in [7, 11) is 0. The van der Waals surface area contributed by atoms with Crippen molar-refractivity contribution in [2.75, 3.05) is 13.1 Å². The Labute approximate surface area is 230 Å². The third kappa shape index (κ3) is 4.29. The summed E-state index contributed by atoms with van der Waals surface area (Å²) in [6.07, 6.45) is 1.09. The first kappa shape index (κ1) is 24.1. The van der Waals surface area contributed by atoms with Gasteiger partial charge in [-0.3, -0.25) is 14.4 Å². The molecule has 200 valence electrons. The summed E-state index contributed by atoms with van der Waals surface area (Å²) in [4.78, 5) is 54.9. The topological polar surface area (TPSA) is 114 Å². The van der Waals surface area contributed by atoms with Crippen molar-refractivity contribution in [3.8, 4) is 0 Å². The van der Waals surface area contributed by atoms with Gasteiger partial charge in [0.15, 0.2) is 5.82 Å². The van der Waals surface area contributed by atoms with E-state index >= 15 is 0 Å². The number of amides is 3. The normalized spacial score (nSPS) is 18.9. The van der Waals surface area contributed by atoms with Crippen LogP contribution in [-0.4, -0.2) is 73.7 Å². The van der Waals surface area contributed by atoms with E-state index in [-0.39, 0.29) is 29.8 Å². The number of rotatable bonds is 6. The van der Waals surface area contributed by atoms with Crippen molar-refractivity contribution in [3.05, 3.63) is 102 Å². The number of nitrogens with one attached hydrogen (secondary N) is 3. The number of para-hydroxylation sites is 3. The van der Waals surface area contributed by atoms with Crippen LogP contribution < -0.4 is 5.32 Å². The van der Waals surface area contributed by atoms with Crippen molar-refractivity contribution in [2.24, 2.45) is 0 Å². The molecule has 0 aliphatic carbocycles. The smallest absolute Gasteiger partial charge is 0.290 e. The average Bonchev–Trinajstić information content (AvgIpc) is 3.78. The minimum atomic E-state index is -0.736. The van der Waals surface area contributed by atoms with E-state index in [4.69, 9.17) is 0 Å². The highest BCUT2D eigenvalue weighted by Gasteiger charge is 2.48. The summed E-state index contributed by atoms with van der Waals surface area (Å²) in [6, 6.07) is 25.8. The van der Waals surface area contributed by atoms with Crippen LogP contribution in [0.4, 0.5) is 0 Å². The number of nitrogens with zero attached hydrogens (tertiary/aromatic N) is 3. The van der Waals surface area contributed by atoms with Crippen molar-refractivity contribution in [3.63, 3.8) is 0 Å². The number of imidazole rings is 1. The van der Waals surface area contributed by atoms with E-state index in [1.54, 1.807) is 6.07 Å². The second-order valence-electron chi connectivity index (χ2n) is 10.6. The summed E-state index contributed by atoms with van der Waals surface area (Å²) in [5, 5.41) is 3.93. The molecule has 5 aromatic rings. The van der Waals surface area contributed by atoms with Gasteiger partial charge in [0.25, 0.3) is 11.8 Å². The number of piperazine rings is 1. The quantitative estimate of drug-likeness (QED) is 0.311. The predicted octanol–water partition coefficient (Wildman–Crippen LogP) is 3.51. The first-order valence-electron chi connectivity index (χ1n) is 13.5. The van der Waals surface area contributed by atoms with Crippen LogP contribution >= 0.6 is 0 Å². The minimum Gasteiger partial charge on any atom is -0.351 e. The van der Waals surface area contributed by atoms with Crippen LogP contribution in [0.25, 0.3) is 21.9 Å². The molecule has 2 saturated heterocycles. The van der Waals surface area contributed by atoms with Crippen LogP contribution in [0.2, 0.25) is 0 Å². The fraction of sp³-hybridized carbons (Fsp3) is 0.226. The number of hydrogen-bond donors (Lipinski definition) is 3. The molecule has 3 aromatic carbocycles. The Morgan fingerprint density at radius 3 is 2.30 bits per heavy atom. The molecule has 4 heterocycles. The predicted molar refractivity (Wildman–Crippen MR) is 151 cm³/mol. The average molecular weight is 533 g/mol. The highest BCUT2D eigenvalue weighted by Crippen LogP contribution is 2.32. The van der Waals surface area contributed by atoms with Crippen LogP contribution in [0.15, 0.2) is 84.9 Å². The fourth-order valence-corrected chi connectivity index (χ4v) is 6.06. The van der Waals surface area contributed by atoms with Crippen LogP contribution in [0.3, 0.4) is 0 Å². The minimum absolute atomic E-state index is 0.0866. The molecule has 3 N–H and O–H groups in total. The van der Waals surface area contributed by atoms with Gasteiger partial charge in [0, 0.05) is 30.4 Å². The second-order valence-corrected chi connectivity index (χ2v) is 10.6. The van der Waals surface area contributed by atoms with Gasteiger partial charge in [-0.15, -0.1) is 0 Å². The third-order valence-electron chi connectivity index (χ3n) is 8.04. The summed E-state index contributed by atoms with van der Waals surface area (Å²) < 4.78 is 0. The van der Waals surface area contributed by atoms with Gasteiger partial charge in [-0.1, -0.05) is 60.7 Å². The Kier molecular flexibility index (Phi) is 5.84. The van der Waals surface area contributed by atoms with Gasteiger partial charge < -0.3 is 25.1 Å². The molecule has 2 aliphatic rings. The zero-order valence-electron chi connectivity index (χ0n) is 21.7. The maximum absolute atomic E-state index is 13.9. The largest absolute Gasteiger partial charge is 0.351 e. The highest BCUT2D eigenvalue weighted by atomic mass is 16.2. The Hall–Kier alpha value is -4.92. The number of carbonyl (C=O) groups excluding carboxylic acids is 3. The molecule has 2 aliphatic heterocycles. The summed E-state index contributed by atoms with van der Waals surface area (Å²) in [5.74, 6) is -0.281. The summed E-state index contributed by atoms with van der Waals surface area (Å²) in [5.41, 5.74) is 3.81. The van der Waals surface area contributed by atoms with Crippen molar-refractivity contribution in [1.82, 2.24) is 30.1 Å². The SMILES string of the molecule is O=C(N[C@@H](Cc1ccccc1)C(=O)N1C[C@@H]2CC1CN2C(=O)c1nc2ccccc2[nH]1)c1cc2ccccc2[nH]1. The van der Waals surface area contributed by atoms with Crippen molar-refractivity contribution >= 4 is 39.7 Å². The van der Waals surface area contributed by atoms with E-state index in [1.807, 2.05) is 88.7 Å². The molecule has 9 heteroatoms. The number of likely N-dealkylation sites (tertiary alicyclic amines) is 2. The van der Waals surface area contributed by atoms with Gasteiger partial charge in [-0.25, -0.2) is 4.98 Å². The Bertz CT molecular complexity index is 1680. The fourth-order valence-electron chi connectivity index (χ4n) is 6.06. The molecule has 2 bridgehead atoms. The molecule has 3 atom stereocenters. The molecule has 7 rings (SSSR count). The number of H-pyrrole nitrogens is 2. The third-order valence-corrected chi connectivity index (χ3v) is 8.04. The molecule has 3 amide bonds. The van der Waals surface area contributed by atoms with Crippen molar-refractivity contribution < 1.29 is 14.4 Å². The zero-order valence-corrected chi connectivity index (χ0v) is 21.7. The molecule has 40 heavy (non-hydrogen) atoms. The Balaban J connectivity index is 1.09. The van der Waals surface area contributed by atoms with Crippen LogP contribution in [0.5, 0.6) is 0 Å². The second kappa shape index (κ2) is 9.68. The molecular formula is C31H28N6O3. The van der Waals surface area contributed by atoms with Gasteiger partial charge in [-0.05, 0) is 36.2 Å². The van der Waals surface area contributed by atoms with Gasteiger partial charge in [0.2, 0.25) is 5.91 Å². The number of aromatic nitrogens is 3. The summed E-state index contributed by atoms with van der Waals surface area (Å²) in [6.45, 7) is 0.878. The highest BCUT2D eigenvalue weighted by molar-refractivity contribution is 6.00. The van der Waals surface area contributed by atoms with Gasteiger partial charge >= 0.3 is 0 Å². The molecule has 2 fully saturated rings. The molecule has 0 saturated carbocycles. The number of benzene rings is 3. The number of fused-ring (bicyclic) bond motifs is 4. The first-order chi connectivity index (χ1) is 19.5. The van der Waals surface area contributed by atoms with E-state index < -0.39 is 6.04 Å². The van der Waals surface area contributed by atoms with E-state index in [9.17, 15) is 14.4 Å². The van der Waals surface area contributed by atoms with Gasteiger partial charge in [-0.2, -0.15) is 0 Å². The lowest BCUT2D eigenvalue weighted by Gasteiger charge is -2.35. The van der Waals surface area contributed by atoms with E-state index in [0.717, 1.165) is 27.5 Å². The number of carbonyl (C=O) groups is 3. The lowest BCUT2D eigenvalue weighted by Crippen LogP contribution is -2.56. The lowest BCUT2D eigenvalue weighted by molar-refractivity contribution is -0.135. The standard InChI is InChI=1S/C31H28N6O3/c38-29(26-15-20-10-4-5-11-23(20)32-26)35-27(14-19-8-2-1-3-9-19)30(39)36-17-22-16-21(36)18-37(22)31(40)28-33-24-12-6-7-13-25(24)34-28/h1-13,15,21-22,27,32H,14,16-18H2,(H,33,34)(H,35,38)/t21?,22-,27-/m0/s1. The van der Waals surface area contributed by atoms with Crippen LogP contribution in [0.1, 0.15) is 33.1 Å². The monoisotopic (exact) mass is 532 g/mol. The molecule has 1 unspecified atom stereocenters. The van der Waals surface area contributed by atoms with E-state index in [2.05, 4.69) is 20.3 Å². The lowest BCUT2D eigenvalue weighted by atomic mass is 10.0. The number of hydrogen-bond acceptors (Lipinski definition) is 4. The Morgan fingerprint density at radius 2 is 1.55 bits per heavy atom.